The molecule has 0 aromatic heterocycles. The lowest BCUT2D eigenvalue weighted by Gasteiger charge is -2.22. The quantitative estimate of drug-likeness (QED) is 0.773. The molecule has 1 aliphatic rings. The van der Waals surface area contributed by atoms with Crippen LogP contribution in [0.2, 0.25) is 0 Å². The molecule has 110 valence electrons. The summed E-state index contributed by atoms with van der Waals surface area (Å²) in [5.41, 5.74) is 5.39. The van der Waals surface area contributed by atoms with Gasteiger partial charge in [-0.15, -0.1) is 0 Å². The van der Waals surface area contributed by atoms with Crippen LogP contribution in [-0.4, -0.2) is 31.7 Å². The van der Waals surface area contributed by atoms with E-state index in [4.69, 9.17) is 15.2 Å². The fourth-order valence-electron chi connectivity index (χ4n) is 2.41. The van der Waals surface area contributed by atoms with Crippen molar-refractivity contribution in [2.45, 2.75) is 31.2 Å². The first-order chi connectivity index (χ1) is 9.64. The summed E-state index contributed by atoms with van der Waals surface area (Å²) in [5.74, 6) is 1.48. The fourth-order valence-corrected chi connectivity index (χ4v) is 2.41. The van der Waals surface area contributed by atoms with Gasteiger partial charge in [-0.1, -0.05) is 12.8 Å². The first-order valence-corrected chi connectivity index (χ1v) is 6.98. The summed E-state index contributed by atoms with van der Waals surface area (Å²) in [6, 6.07) is 7.34. The number of ether oxygens (including phenoxy) is 2. The van der Waals surface area contributed by atoms with E-state index in [0.29, 0.717) is 13.2 Å². The lowest BCUT2D eigenvalue weighted by molar-refractivity contribution is -0.126. The van der Waals surface area contributed by atoms with Crippen LogP contribution in [0.1, 0.15) is 25.7 Å². The zero-order valence-electron chi connectivity index (χ0n) is 11.9. The van der Waals surface area contributed by atoms with Gasteiger partial charge in [0.1, 0.15) is 18.1 Å². The smallest absolute Gasteiger partial charge is 0.240 e. The number of nitrogens with two attached hydrogens (primary N) is 1. The molecule has 0 heterocycles. The van der Waals surface area contributed by atoms with Crippen molar-refractivity contribution in [3.05, 3.63) is 24.3 Å². The molecule has 0 aliphatic heterocycles. The molecule has 0 bridgehead atoms. The van der Waals surface area contributed by atoms with Crippen LogP contribution in [0.3, 0.4) is 0 Å². The maximum absolute atomic E-state index is 12.0. The van der Waals surface area contributed by atoms with Crippen LogP contribution in [0.25, 0.3) is 0 Å². The second-order valence-corrected chi connectivity index (χ2v) is 5.14. The molecular formula is C15H22N2O3. The summed E-state index contributed by atoms with van der Waals surface area (Å²) in [6.07, 6.45) is 3.62. The van der Waals surface area contributed by atoms with E-state index < -0.39 is 5.54 Å². The Kier molecular flexibility index (Phi) is 4.84. The van der Waals surface area contributed by atoms with Crippen LogP contribution < -0.4 is 20.5 Å². The average Bonchev–Trinajstić information content (AvgIpc) is 2.92. The Morgan fingerprint density at radius 3 is 2.45 bits per heavy atom. The van der Waals surface area contributed by atoms with E-state index in [1.165, 1.54) is 0 Å². The molecule has 5 nitrogen and oxygen atoms in total. The van der Waals surface area contributed by atoms with Gasteiger partial charge < -0.3 is 20.5 Å². The maximum Gasteiger partial charge on any atom is 0.240 e. The van der Waals surface area contributed by atoms with Gasteiger partial charge in [-0.2, -0.15) is 0 Å². The van der Waals surface area contributed by atoms with Crippen molar-refractivity contribution in [2.75, 3.05) is 20.3 Å². The van der Waals surface area contributed by atoms with E-state index >= 15 is 0 Å². The van der Waals surface area contributed by atoms with E-state index in [9.17, 15) is 4.79 Å². The molecule has 5 heteroatoms. The number of carbonyl (C=O) groups excluding carboxylic acids is 1. The second kappa shape index (κ2) is 6.61. The van der Waals surface area contributed by atoms with Gasteiger partial charge in [0.2, 0.25) is 5.91 Å². The van der Waals surface area contributed by atoms with E-state index in [1.54, 1.807) is 7.11 Å². The predicted molar refractivity (Wildman–Crippen MR) is 76.9 cm³/mol. The molecule has 1 aliphatic carbocycles. The molecule has 1 amide bonds. The van der Waals surface area contributed by atoms with Crippen molar-refractivity contribution < 1.29 is 14.3 Å². The average molecular weight is 278 g/mol. The van der Waals surface area contributed by atoms with E-state index in [0.717, 1.165) is 37.2 Å². The minimum Gasteiger partial charge on any atom is -0.497 e. The highest BCUT2D eigenvalue weighted by molar-refractivity contribution is 5.86. The minimum atomic E-state index is -0.667. The standard InChI is InChI=1S/C15H22N2O3/c1-19-12-4-6-13(7-5-12)20-11-10-17-14(18)15(16)8-2-3-9-15/h4-7H,2-3,8-11,16H2,1H3,(H,17,18). The van der Waals surface area contributed by atoms with Crippen LogP contribution in [-0.2, 0) is 4.79 Å². The number of nitrogens with one attached hydrogen (secondary N) is 1. The number of methoxy groups -OCH3 is 1. The molecule has 0 unspecified atom stereocenters. The number of hydrogen-bond acceptors (Lipinski definition) is 4. The minimum absolute atomic E-state index is 0.0617. The van der Waals surface area contributed by atoms with Gasteiger partial charge in [0.05, 0.1) is 19.2 Å². The summed E-state index contributed by atoms with van der Waals surface area (Å²) in [6.45, 7) is 0.887. The molecule has 1 aromatic rings. The first kappa shape index (κ1) is 14.7. The molecule has 20 heavy (non-hydrogen) atoms. The van der Waals surface area contributed by atoms with Crippen molar-refractivity contribution in [2.24, 2.45) is 5.73 Å². The van der Waals surface area contributed by atoms with Crippen LogP contribution in [0.4, 0.5) is 0 Å². The third-order valence-corrected chi connectivity index (χ3v) is 3.66. The van der Waals surface area contributed by atoms with Gasteiger partial charge in [0.15, 0.2) is 0 Å². The Morgan fingerprint density at radius 2 is 1.85 bits per heavy atom. The van der Waals surface area contributed by atoms with Crippen LogP contribution in [0.5, 0.6) is 11.5 Å². The topological polar surface area (TPSA) is 73.6 Å². The number of rotatable bonds is 6. The molecule has 2 rings (SSSR count). The fraction of sp³-hybridized carbons (Fsp3) is 0.533. The van der Waals surface area contributed by atoms with E-state index in [2.05, 4.69) is 5.32 Å². The van der Waals surface area contributed by atoms with Crippen molar-refractivity contribution in [1.82, 2.24) is 5.32 Å². The Morgan fingerprint density at radius 1 is 1.25 bits per heavy atom. The Bertz CT molecular complexity index is 439. The largest absolute Gasteiger partial charge is 0.497 e. The summed E-state index contributed by atoms with van der Waals surface area (Å²) in [4.78, 5) is 12.0. The zero-order chi connectivity index (χ0) is 14.4. The third kappa shape index (κ3) is 3.63. The summed E-state index contributed by atoms with van der Waals surface area (Å²) >= 11 is 0. The normalized spacial score (nSPS) is 16.7. The summed E-state index contributed by atoms with van der Waals surface area (Å²) in [7, 11) is 1.62. The molecule has 0 radical (unpaired) electrons. The van der Waals surface area contributed by atoms with Gasteiger partial charge in [0, 0.05) is 0 Å². The summed E-state index contributed by atoms with van der Waals surface area (Å²) in [5, 5.41) is 2.84. The van der Waals surface area contributed by atoms with E-state index in [1.807, 2.05) is 24.3 Å². The second-order valence-electron chi connectivity index (χ2n) is 5.14. The van der Waals surface area contributed by atoms with Gasteiger partial charge >= 0.3 is 0 Å². The number of hydrogen-bond donors (Lipinski definition) is 2. The van der Waals surface area contributed by atoms with Crippen molar-refractivity contribution >= 4 is 5.91 Å². The number of benzene rings is 1. The van der Waals surface area contributed by atoms with Gasteiger partial charge in [0.25, 0.3) is 0 Å². The molecule has 0 saturated heterocycles. The monoisotopic (exact) mass is 278 g/mol. The Balaban J connectivity index is 1.69. The molecule has 0 spiro atoms. The molecule has 3 N–H and O–H groups in total. The van der Waals surface area contributed by atoms with Crippen LogP contribution in [0, 0.1) is 0 Å². The third-order valence-electron chi connectivity index (χ3n) is 3.66. The molecule has 1 aromatic carbocycles. The first-order valence-electron chi connectivity index (χ1n) is 6.98. The summed E-state index contributed by atoms with van der Waals surface area (Å²) < 4.78 is 10.6. The van der Waals surface area contributed by atoms with Gasteiger partial charge in [-0.25, -0.2) is 0 Å². The highest BCUT2D eigenvalue weighted by Crippen LogP contribution is 2.27. The van der Waals surface area contributed by atoms with Gasteiger partial charge in [-0.05, 0) is 37.1 Å². The van der Waals surface area contributed by atoms with Crippen molar-refractivity contribution in [3.8, 4) is 11.5 Å². The lowest BCUT2D eigenvalue weighted by Crippen LogP contribution is -2.52. The maximum atomic E-state index is 12.0. The van der Waals surface area contributed by atoms with Crippen molar-refractivity contribution in [1.29, 1.82) is 0 Å². The van der Waals surface area contributed by atoms with E-state index in [-0.39, 0.29) is 5.91 Å². The molecular weight excluding hydrogens is 256 g/mol. The Labute approximate surface area is 119 Å². The Hall–Kier alpha value is -1.75. The zero-order valence-corrected chi connectivity index (χ0v) is 11.9. The van der Waals surface area contributed by atoms with Crippen molar-refractivity contribution in [3.63, 3.8) is 0 Å². The predicted octanol–water partition coefficient (Wildman–Crippen LogP) is 1.46. The highest BCUT2D eigenvalue weighted by Gasteiger charge is 2.36. The lowest BCUT2D eigenvalue weighted by atomic mass is 9.98. The molecule has 1 fully saturated rings. The molecule has 1 saturated carbocycles. The highest BCUT2D eigenvalue weighted by atomic mass is 16.5. The molecule has 0 atom stereocenters. The van der Waals surface area contributed by atoms with Gasteiger partial charge in [-0.3, -0.25) is 4.79 Å². The van der Waals surface area contributed by atoms with Crippen LogP contribution in [0.15, 0.2) is 24.3 Å². The number of amides is 1. The SMILES string of the molecule is COc1ccc(OCCNC(=O)C2(N)CCCC2)cc1. The van der Waals surface area contributed by atoms with Crippen LogP contribution >= 0.6 is 0 Å². The number of carbonyl (C=O) groups is 1.